The van der Waals surface area contributed by atoms with E-state index in [4.69, 9.17) is 15.2 Å². The minimum absolute atomic E-state index is 0.175. The zero-order valence-corrected chi connectivity index (χ0v) is 16.3. The van der Waals surface area contributed by atoms with Crippen molar-refractivity contribution in [1.82, 2.24) is 0 Å². The van der Waals surface area contributed by atoms with Crippen LogP contribution in [0, 0.1) is 5.41 Å². The van der Waals surface area contributed by atoms with Gasteiger partial charge in [-0.25, -0.2) is 4.79 Å². The van der Waals surface area contributed by atoms with Crippen LogP contribution in [-0.2, 0) is 19.1 Å². The van der Waals surface area contributed by atoms with Crippen molar-refractivity contribution in [2.24, 2.45) is 11.1 Å². The molecule has 1 aromatic rings. The summed E-state index contributed by atoms with van der Waals surface area (Å²) in [6.07, 6.45) is 3.53. The van der Waals surface area contributed by atoms with E-state index < -0.39 is 35.7 Å². The zero-order valence-electron chi connectivity index (χ0n) is 16.3. The van der Waals surface area contributed by atoms with Crippen LogP contribution in [0.5, 0.6) is 0 Å². The van der Waals surface area contributed by atoms with E-state index in [0.29, 0.717) is 31.2 Å². The summed E-state index contributed by atoms with van der Waals surface area (Å²) in [4.78, 5) is 36.3. The second kappa shape index (κ2) is 10.2. The molecule has 1 aromatic carbocycles. The normalized spacial score (nSPS) is 17.9. The van der Waals surface area contributed by atoms with Gasteiger partial charge in [-0.3, -0.25) is 9.59 Å². The molecule has 0 radical (unpaired) electrons. The fraction of sp³-hybridized carbons (Fsp3) is 0.571. The van der Waals surface area contributed by atoms with Crippen molar-refractivity contribution < 1.29 is 29.0 Å². The molecule has 0 aromatic heterocycles. The number of carbonyl (C=O) groups is 3. The number of rotatable bonds is 9. The van der Waals surface area contributed by atoms with Crippen LogP contribution in [0.1, 0.15) is 68.6 Å². The van der Waals surface area contributed by atoms with E-state index in [1.807, 2.05) is 6.92 Å². The summed E-state index contributed by atoms with van der Waals surface area (Å²) in [6, 6.07) is 7.37. The minimum Gasteiger partial charge on any atom is -0.481 e. The number of hydrogen-bond acceptors (Lipinski definition) is 6. The molecule has 28 heavy (non-hydrogen) atoms. The topological polar surface area (TPSA) is 116 Å². The van der Waals surface area contributed by atoms with Gasteiger partial charge in [-0.1, -0.05) is 44.4 Å². The van der Waals surface area contributed by atoms with Crippen LogP contribution in [0.4, 0.5) is 0 Å². The van der Waals surface area contributed by atoms with Gasteiger partial charge < -0.3 is 20.3 Å². The van der Waals surface area contributed by atoms with Gasteiger partial charge in [0, 0.05) is 11.8 Å². The number of nitrogens with two attached hydrogens (primary N) is 1. The number of esters is 2. The molecule has 0 saturated heterocycles. The number of carboxylic acids is 1. The number of benzene rings is 1. The number of aliphatic carboxylic acids is 1. The Morgan fingerprint density at radius 3 is 2.32 bits per heavy atom. The van der Waals surface area contributed by atoms with Crippen molar-refractivity contribution in [3.8, 4) is 0 Å². The maximum atomic E-state index is 12.7. The minimum atomic E-state index is -1.07. The van der Waals surface area contributed by atoms with Gasteiger partial charge in [0.25, 0.3) is 0 Å². The third-order valence-electron chi connectivity index (χ3n) is 5.29. The molecule has 7 heteroatoms. The molecule has 0 spiro atoms. The Morgan fingerprint density at radius 2 is 1.75 bits per heavy atom. The predicted octanol–water partition coefficient (Wildman–Crippen LogP) is 3.27. The van der Waals surface area contributed by atoms with Gasteiger partial charge in [-0.2, -0.15) is 0 Å². The first kappa shape index (κ1) is 21.9. The first-order valence-electron chi connectivity index (χ1n) is 9.82. The third kappa shape index (κ3) is 5.79. The van der Waals surface area contributed by atoms with Gasteiger partial charge in [-0.05, 0) is 31.4 Å². The zero-order chi connectivity index (χ0) is 20.6. The van der Waals surface area contributed by atoms with E-state index in [0.717, 1.165) is 19.3 Å². The fourth-order valence-corrected chi connectivity index (χ4v) is 3.75. The van der Waals surface area contributed by atoms with Gasteiger partial charge >= 0.3 is 17.9 Å². The largest absolute Gasteiger partial charge is 0.481 e. The quantitative estimate of drug-likeness (QED) is 0.490. The van der Waals surface area contributed by atoms with Gasteiger partial charge in [0.2, 0.25) is 6.29 Å². The molecule has 0 heterocycles. The highest BCUT2D eigenvalue weighted by Crippen LogP contribution is 2.42. The van der Waals surface area contributed by atoms with Crippen LogP contribution in [0.15, 0.2) is 30.3 Å². The molecule has 1 aliphatic carbocycles. The van der Waals surface area contributed by atoms with E-state index in [1.54, 1.807) is 30.3 Å². The molecule has 1 fully saturated rings. The number of carboxylic acid groups (broad SMARTS) is 1. The monoisotopic (exact) mass is 391 g/mol. The SMILES string of the molecule is CCCC(OC(=O)c1ccccc1)OC(=O)C(N)C1(CC(=O)O)CCCCC1. The third-order valence-corrected chi connectivity index (χ3v) is 5.29. The number of hydrogen-bond donors (Lipinski definition) is 2. The smallest absolute Gasteiger partial charge is 0.341 e. The standard InChI is InChI=1S/C21H29NO6/c1-2-9-17(27-19(25)15-10-5-3-6-11-15)28-20(26)18(22)21(14-16(23)24)12-7-4-8-13-21/h3,5-6,10-11,17-18H,2,4,7-9,12-14,22H2,1H3,(H,23,24). The summed E-state index contributed by atoms with van der Waals surface area (Å²) in [5.41, 5.74) is 5.72. The highest BCUT2D eigenvalue weighted by molar-refractivity contribution is 5.89. The summed E-state index contributed by atoms with van der Waals surface area (Å²) in [7, 11) is 0. The van der Waals surface area contributed by atoms with Crippen LogP contribution in [0.2, 0.25) is 0 Å². The molecule has 7 nitrogen and oxygen atoms in total. The first-order chi connectivity index (χ1) is 13.4. The highest BCUT2D eigenvalue weighted by Gasteiger charge is 2.44. The molecule has 2 rings (SSSR count). The summed E-state index contributed by atoms with van der Waals surface area (Å²) in [6.45, 7) is 1.88. The maximum absolute atomic E-state index is 12.7. The maximum Gasteiger partial charge on any atom is 0.341 e. The lowest BCUT2D eigenvalue weighted by molar-refractivity contribution is -0.175. The molecule has 0 bridgehead atoms. The van der Waals surface area contributed by atoms with Crippen molar-refractivity contribution in [3.63, 3.8) is 0 Å². The van der Waals surface area contributed by atoms with E-state index >= 15 is 0 Å². The second-order valence-electron chi connectivity index (χ2n) is 7.40. The lowest BCUT2D eigenvalue weighted by atomic mass is 9.67. The Bertz CT molecular complexity index is 669. The van der Waals surface area contributed by atoms with Gasteiger partial charge in [0.05, 0.1) is 12.0 Å². The molecule has 154 valence electrons. The lowest BCUT2D eigenvalue weighted by Crippen LogP contribution is -2.51. The predicted molar refractivity (Wildman–Crippen MR) is 102 cm³/mol. The van der Waals surface area contributed by atoms with Crippen LogP contribution < -0.4 is 5.73 Å². The van der Waals surface area contributed by atoms with Gasteiger partial charge in [-0.15, -0.1) is 0 Å². The molecular formula is C21H29NO6. The Morgan fingerprint density at radius 1 is 1.11 bits per heavy atom. The molecule has 0 amide bonds. The van der Waals surface area contributed by atoms with Crippen molar-refractivity contribution in [1.29, 1.82) is 0 Å². The number of ether oxygens (including phenoxy) is 2. The summed E-state index contributed by atoms with van der Waals surface area (Å²) in [5, 5.41) is 9.30. The van der Waals surface area contributed by atoms with Crippen molar-refractivity contribution in [2.75, 3.05) is 0 Å². The van der Waals surface area contributed by atoms with E-state index in [1.165, 1.54) is 0 Å². The molecule has 3 N–H and O–H groups in total. The molecule has 2 atom stereocenters. The molecule has 1 saturated carbocycles. The fourth-order valence-electron chi connectivity index (χ4n) is 3.75. The Kier molecular flexibility index (Phi) is 7.99. The Labute approximate surface area is 165 Å². The molecular weight excluding hydrogens is 362 g/mol. The lowest BCUT2D eigenvalue weighted by Gasteiger charge is -2.39. The van der Waals surface area contributed by atoms with E-state index in [-0.39, 0.29) is 6.42 Å². The number of carbonyl (C=O) groups excluding carboxylic acids is 2. The van der Waals surface area contributed by atoms with Crippen LogP contribution in [-0.4, -0.2) is 35.3 Å². The van der Waals surface area contributed by atoms with Crippen molar-refractivity contribution >= 4 is 17.9 Å². The first-order valence-corrected chi connectivity index (χ1v) is 9.82. The van der Waals surface area contributed by atoms with Crippen molar-refractivity contribution in [2.45, 2.75) is 70.6 Å². The summed E-state index contributed by atoms with van der Waals surface area (Å²) >= 11 is 0. The second-order valence-corrected chi connectivity index (χ2v) is 7.40. The van der Waals surface area contributed by atoms with Gasteiger partial charge in [0.15, 0.2) is 0 Å². The van der Waals surface area contributed by atoms with E-state index in [9.17, 15) is 19.5 Å². The average Bonchev–Trinajstić information content (AvgIpc) is 2.68. The van der Waals surface area contributed by atoms with Crippen molar-refractivity contribution in [3.05, 3.63) is 35.9 Å². The van der Waals surface area contributed by atoms with E-state index in [2.05, 4.69) is 0 Å². The molecule has 0 aliphatic heterocycles. The van der Waals surface area contributed by atoms with Crippen LogP contribution in [0.25, 0.3) is 0 Å². The Hall–Kier alpha value is -2.41. The average molecular weight is 391 g/mol. The van der Waals surface area contributed by atoms with Gasteiger partial charge in [0.1, 0.15) is 6.04 Å². The summed E-state index contributed by atoms with van der Waals surface area (Å²) < 4.78 is 10.8. The molecule has 2 unspecified atom stereocenters. The molecule has 1 aliphatic rings. The highest BCUT2D eigenvalue weighted by atomic mass is 16.7. The van der Waals surface area contributed by atoms with Crippen LogP contribution in [0.3, 0.4) is 0 Å². The summed E-state index contributed by atoms with van der Waals surface area (Å²) in [5.74, 6) is -2.29. The Balaban J connectivity index is 2.07. The van der Waals surface area contributed by atoms with Crippen LogP contribution >= 0.6 is 0 Å².